The van der Waals surface area contributed by atoms with Crippen molar-refractivity contribution in [3.8, 4) is 5.69 Å². The van der Waals surface area contributed by atoms with Gasteiger partial charge in [-0.1, -0.05) is 25.5 Å². The van der Waals surface area contributed by atoms with Gasteiger partial charge in [-0.25, -0.2) is 9.48 Å². The summed E-state index contributed by atoms with van der Waals surface area (Å²) in [6, 6.07) is 8.19. The number of hydrogen-bond acceptors (Lipinski definition) is 5. The van der Waals surface area contributed by atoms with E-state index in [2.05, 4.69) is 10.4 Å². The van der Waals surface area contributed by atoms with Crippen LogP contribution in [0, 0.1) is 0 Å². The Bertz CT molecular complexity index is 711. The van der Waals surface area contributed by atoms with E-state index in [-0.39, 0.29) is 18.2 Å². The molecule has 0 aliphatic carbocycles. The summed E-state index contributed by atoms with van der Waals surface area (Å²) in [4.78, 5) is 23.9. The fourth-order valence-electron chi connectivity index (χ4n) is 2.22. The summed E-state index contributed by atoms with van der Waals surface area (Å²) in [5.41, 5.74) is 7.27. The number of hydrogen-bond donors (Lipinski definition) is 2. The van der Waals surface area contributed by atoms with Crippen LogP contribution in [0.15, 0.2) is 36.5 Å². The van der Waals surface area contributed by atoms with Crippen molar-refractivity contribution in [2.24, 2.45) is 5.73 Å². The highest BCUT2D eigenvalue weighted by Gasteiger charge is 2.16. The van der Waals surface area contributed by atoms with Gasteiger partial charge in [0.25, 0.3) is 0 Å². The van der Waals surface area contributed by atoms with Crippen molar-refractivity contribution in [2.75, 3.05) is 11.9 Å². The molecule has 0 saturated heterocycles. The number of nitrogens with one attached hydrogen (secondary N) is 1. The summed E-state index contributed by atoms with van der Waals surface area (Å²) in [5, 5.41) is 7.02. The Labute approximate surface area is 140 Å². The lowest BCUT2D eigenvalue weighted by Crippen LogP contribution is -2.35. The maximum Gasteiger partial charge on any atom is 0.358 e. The average molecular weight is 330 g/mol. The van der Waals surface area contributed by atoms with E-state index in [1.165, 1.54) is 4.68 Å². The van der Waals surface area contributed by atoms with Crippen LogP contribution in [-0.2, 0) is 9.53 Å². The standard InChI is InChI=1S/C17H22N4O3/c1-3-7-12(18)16(22)19-13-8-5-6-9-15(13)21-11-10-14(20-21)17(23)24-4-2/h5-6,8-12H,3-4,7,18H2,1-2H3,(H,19,22). The monoisotopic (exact) mass is 330 g/mol. The topological polar surface area (TPSA) is 99.2 Å². The second-order valence-electron chi connectivity index (χ2n) is 5.27. The molecule has 7 heteroatoms. The average Bonchev–Trinajstić information content (AvgIpc) is 3.05. The van der Waals surface area contributed by atoms with Crippen LogP contribution < -0.4 is 11.1 Å². The van der Waals surface area contributed by atoms with E-state index in [0.717, 1.165) is 6.42 Å². The molecular weight excluding hydrogens is 308 g/mol. The maximum absolute atomic E-state index is 12.1. The van der Waals surface area contributed by atoms with Crippen molar-refractivity contribution in [2.45, 2.75) is 32.7 Å². The summed E-state index contributed by atoms with van der Waals surface area (Å²) in [5.74, 6) is -0.732. The smallest absolute Gasteiger partial charge is 0.358 e. The van der Waals surface area contributed by atoms with Crippen LogP contribution in [0.4, 0.5) is 5.69 Å². The van der Waals surface area contributed by atoms with Crippen LogP contribution in [0.25, 0.3) is 5.69 Å². The first-order valence-corrected chi connectivity index (χ1v) is 7.95. The van der Waals surface area contributed by atoms with Gasteiger partial charge in [0, 0.05) is 6.20 Å². The molecule has 7 nitrogen and oxygen atoms in total. The van der Waals surface area contributed by atoms with E-state index in [4.69, 9.17) is 10.5 Å². The second-order valence-corrected chi connectivity index (χ2v) is 5.27. The molecule has 1 aromatic carbocycles. The minimum Gasteiger partial charge on any atom is -0.461 e. The van der Waals surface area contributed by atoms with Crippen LogP contribution >= 0.6 is 0 Å². The van der Waals surface area contributed by atoms with E-state index in [1.54, 1.807) is 37.4 Å². The molecular formula is C17H22N4O3. The number of benzene rings is 1. The van der Waals surface area contributed by atoms with Crippen LogP contribution in [-0.4, -0.2) is 34.3 Å². The molecule has 128 valence electrons. The number of nitrogens with two attached hydrogens (primary N) is 1. The normalized spacial score (nSPS) is 11.8. The van der Waals surface area contributed by atoms with Gasteiger partial charge in [-0.05, 0) is 31.5 Å². The summed E-state index contributed by atoms with van der Waals surface area (Å²) in [6.45, 7) is 3.99. The third kappa shape index (κ3) is 4.20. The molecule has 0 aliphatic heterocycles. The molecule has 1 unspecified atom stereocenters. The van der Waals surface area contributed by atoms with Crippen LogP contribution in [0.2, 0.25) is 0 Å². The van der Waals surface area contributed by atoms with Crippen molar-refractivity contribution < 1.29 is 14.3 Å². The molecule has 3 N–H and O–H groups in total. The van der Waals surface area contributed by atoms with E-state index in [0.29, 0.717) is 17.8 Å². The van der Waals surface area contributed by atoms with Gasteiger partial charge in [-0.15, -0.1) is 0 Å². The molecule has 1 atom stereocenters. The van der Waals surface area contributed by atoms with E-state index in [9.17, 15) is 9.59 Å². The number of anilines is 1. The zero-order valence-corrected chi connectivity index (χ0v) is 13.9. The Morgan fingerprint density at radius 3 is 2.75 bits per heavy atom. The van der Waals surface area contributed by atoms with Gasteiger partial charge in [0.2, 0.25) is 5.91 Å². The van der Waals surface area contributed by atoms with Crippen LogP contribution in [0.5, 0.6) is 0 Å². The predicted molar refractivity (Wildman–Crippen MR) is 91.0 cm³/mol. The van der Waals surface area contributed by atoms with Crippen LogP contribution in [0.3, 0.4) is 0 Å². The first-order valence-electron chi connectivity index (χ1n) is 7.95. The third-order valence-electron chi connectivity index (χ3n) is 3.42. The van der Waals surface area contributed by atoms with E-state index >= 15 is 0 Å². The Morgan fingerprint density at radius 1 is 1.29 bits per heavy atom. The molecule has 0 bridgehead atoms. The largest absolute Gasteiger partial charge is 0.461 e. The predicted octanol–water partition coefficient (Wildman–Crippen LogP) is 2.11. The quantitative estimate of drug-likeness (QED) is 0.758. The van der Waals surface area contributed by atoms with Gasteiger partial charge in [0.1, 0.15) is 0 Å². The maximum atomic E-state index is 12.1. The molecule has 2 rings (SSSR count). The van der Waals surface area contributed by atoms with Crippen molar-refractivity contribution in [1.82, 2.24) is 9.78 Å². The molecule has 2 aromatic rings. The van der Waals surface area contributed by atoms with Gasteiger partial charge in [-0.2, -0.15) is 5.10 Å². The molecule has 1 amide bonds. The lowest BCUT2D eigenvalue weighted by Gasteiger charge is -2.14. The fourth-order valence-corrected chi connectivity index (χ4v) is 2.22. The lowest BCUT2D eigenvalue weighted by atomic mass is 10.1. The molecule has 0 saturated carbocycles. The number of carbonyl (C=O) groups is 2. The summed E-state index contributed by atoms with van der Waals surface area (Å²) < 4.78 is 6.45. The zero-order chi connectivity index (χ0) is 17.5. The molecule has 1 heterocycles. The highest BCUT2D eigenvalue weighted by Crippen LogP contribution is 2.20. The van der Waals surface area contributed by atoms with Gasteiger partial charge in [0.15, 0.2) is 5.69 Å². The van der Waals surface area contributed by atoms with Crippen molar-refractivity contribution in [3.05, 3.63) is 42.2 Å². The van der Waals surface area contributed by atoms with Crippen LogP contribution in [0.1, 0.15) is 37.2 Å². The molecule has 0 fully saturated rings. The first-order chi connectivity index (χ1) is 11.6. The molecule has 0 radical (unpaired) electrons. The van der Waals surface area contributed by atoms with Gasteiger partial charge >= 0.3 is 5.97 Å². The summed E-state index contributed by atoms with van der Waals surface area (Å²) in [6.07, 6.45) is 3.09. The van der Waals surface area contributed by atoms with E-state index in [1.807, 2.05) is 13.0 Å². The number of nitrogens with zero attached hydrogens (tertiary/aromatic N) is 2. The number of para-hydroxylation sites is 2. The van der Waals surface area contributed by atoms with Crippen molar-refractivity contribution >= 4 is 17.6 Å². The number of esters is 1. The number of rotatable bonds is 7. The number of carbonyl (C=O) groups excluding carboxylic acids is 2. The number of amides is 1. The third-order valence-corrected chi connectivity index (χ3v) is 3.42. The minimum absolute atomic E-state index is 0.209. The lowest BCUT2D eigenvalue weighted by molar-refractivity contribution is -0.117. The Hall–Kier alpha value is -2.67. The second kappa shape index (κ2) is 8.26. The summed E-state index contributed by atoms with van der Waals surface area (Å²) in [7, 11) is 0. The highest BCUT2D eigenvalue weighted by molar-refractivity contribution is 5.96. The van der Waals surface area contributed by atoms with E-state index < -0.39 is 12.0 Å². The number of aromatic nitrogens is 2. The number of ether oxygens (including phenoxy) is 1. The Balaban J connectivity index is 2.23. The summed E-state index contributed by atoms with van der Waals surface area (Å²) >= 11 is 0. The van der Waals surface area contributed by atoms with Crippen molar-refractivity contribution in [3.63, 3.8) is 0 Å². The SMILES string of the molecule is CCCC(N)C(=O)Nc1ccccc1-n1ccc(C(=O)OCC)n1. The highest BCUT2D eigenvalue weighted by atomic mass is 16.5. The molecule has 1 aromatic heterocycles. The minimum atomic E-state index is -0.559. The fraction of sp³-hybridized carbons (Fsp3) is 0.353. The van der Waals surface area contributed by atoms with Crippen molar-refractivity contribution in [1.29, 1.82) is 0 Å². The Kier molecular flexibility index (Phi) is 6.08. The van der Waals surface area contributed by atoms with Gasteiger partial charge in [0.05, 0.1) is 24.0 Å². The molecule has 24 heavy (non-hydrogen) atoms. The Morgan fingerprint density at radius 2 is 2.04 bits per heavy atom. The van der Waals surface area contributed by atoms with Gasteiger partial charge < -0.3 is 15.8 Å². The first kappa shape index (κ1) is 17.7. The molecule has 0 aliphatic rings. The molecule has 0 spiro atoms. The zero-order valence-electron chi connectivity index (χ0n) is 13.9. The van der Waals surface area contributed by atoms with Gasteiger partial charge in [-0.3, -0.25) is 4.79 Å².